The molecule has 112 valence electrons. The van der Waals surface area contributed by atoms with Gasteiger partial charge in [0.2, 0.25) is 10.0 Å². The zero-order valence-corrected chi connectivity index (χ0v) is 12.5. The molecule has 0 radical (unpaired) electrons. The quantitative estimate of drug-likeness (QED) is 0.586. The number of carboxylic acids is 1. The number of rotatable bonds is 5. The maximum absolute atomic E-state index is 12.3. The van der Waals surface area contributed by atoms with Gasteiger partial charge >= 0.3 is 5.97 Å². The summed E-state index contributed by atoms with van der Waals surface area (Å²) in [4.78, 5) is 10.5. The fourth-order valence-corrected chi connectivity index (χ4v) is 3.54. The van der Waals surface area contributed by atoms with Crippen LogP contribution in [0.5, 0.6) is 0 Å². The highest BCUT2D eigenvalue weighted by Crippen LogP contribution is 2.33. The van der Waals surface area contributed by atoms with Gasteiger partial charge in [0.15, 0.2) is 0 Å². The lowest BCUT2D eigenvalue weighted by Crippen LogP contribution is -2.28. The lowest BCUT2D eigenvalue weighted by Gasteiger charge is -2.18. The largest absolute Gasteiger partial charge is 0.481 e. The molecule has 0 amide bonds. The summed E-state index contributed by atoms with van der Waals surface area (Å²) in [6.45, 7) is 4.73. The molecule has 0 aliphatic rings. The molecular weight excluding hydrogens is 282 g/mol. The van der Waals surface area contributed by atoms with Gasteiger partial charge in [0.25, 0.3) is 0 Å². The van der Waals surface area contributed by atoms with E-state index < -0.39 is 16.0 Å². The number of carbonyl (C=O) groups is 1. The third kappa shape index (κ3) is 3.02. The van der Waals surface area contributed by atoms with Gasteiger partial charge in [-0.1, -0.05) is 0 Å². The monoisotopic (exact) mass is 301 g/mol. The van der Waals surface area contributed by atoms with Crippen LogP contribution in [-0.4, -0.2) is 26.0 Å². The predicted octanol–water partition coefficient (Wildman–Crippen LogP) is 0.529. The van der Waals surface area contributed by atoms with E-state index in [2.05, 4.69) is 4.72 Å². The van der Waals surface area contributed by atoms with Crippen molar-refractivity contribution in [2.45, 2.75) is 32.1 Å². The van der Waals surface area contributed by atoms with Gasteiger partial charge in [0, 0.05) is 17.9 Å². The van der Waals surface area contributed by atoms with Gasteiger partial charge in [0.1, 0.15) is 0 Å². The van der Waals surface area contributed by atoms with Crippen LogP contribution in [0.3, 0.4) is 0 Å². The first kappa shape index (κ1) is 16.3. The SMILES string of the molecule is Cc1c(N)c(C)c(S(=O)(=O)NCCC(=O)O)c(C)c1N. The average molecular weight is 301 g/mol. The van der Waals surface area contributed by atoms with Crippen molar-refractivity contribution in [3.63, 3.8) is 0 Å². The standard InChI is InChI=1S/C12H19N3O4S/c1-6-10(13)7(2)12(8(3)11(6)14)20(18,19)15-5-4-9(16)17/h15H,4-5,13-14H2,1-3H3,(H,16,17). The lowest BCUT2D eigenvalue weighted by atomic mass is 10.0. The molecule has 1 aromatic carbocycles. The van der Waals surface area contributed by atoms with Crippen molar-refractivity contribution in [3.05, 3.63) is 16.7 Å². The van der Waals surface area contributed by atoms with Gasteiger partial charge in [-0.3, -0.25) is 4.79 Å². The van der Waals surface area contributed by atoms with Gasteiger partial charge in [0.05, 0.1) is 11.3 Å². The fourth-order valence-electron chi connectivity index (χ4n) is 2.00. The van der Waals surface area contributed by atoms with Gasteiger partial charge < -0.3 is 16.6 Å². The van der Waals surface area contributed by atoms with Crippen LogP contribution in [0, 0.1) is 20.8 Å². The highest BCUT2D eigenvalue weighted by Gasteiger charge is 2.24. The number of anilines is 2. The molecule has 0 aliphatic heterocycles. The van der Waals surface area contributed by atoms with Crippen molar-refractivity contribution in [2.24, 2.45) is 0 Å². The summed E-state index contributed by atoms with van der Waals surface area (Å²) in [7, 11) is -3.85. The Kier molecular flexibility index (Phi) is 4.61. The molecule has 6 N–H and O–H groups in total. The second-order valence-electron chi connectivity index (χ2n) is 4.57. The fraction of sp³-hybridized carbons (Fsp3) is 0.417. The number of nitrogens with one attached hydrogen (secondary N) is 1. The normalized spacial score (nSPS) is 11.6. The maximum atomic E-state index is 12.3. The molecule has 0 spiro atoms. The molecule has 20 heavy (non-hydrogen) atoms. The van der Waals surface area contributed by atoms with Crippen molar-refractivity contribution < 1.29 is 18.3 Å². The summed E-state index contributed by atoms with van der Waals surface area (Å²) in [5, 5.41) is 8.54. The Balaban J connectivity index is 3.29. The second kappa shape index (κ2) is 5.68. The number of benzene rings is 1. The van der Waals surface area contributed by atoms with Crippen LogP contribution in [0.4, 0.5) is 11.4 Å². The van der Waals surface area contributed by atoms with Crippen LogP contribution in [0.1, 0.15) is 23.1 Å². The van der Waals surface area contributed by atoms with Crippen LogP contribution >= 0.6 is 0 Å². The van der Waals surface area contributed by atoms with Gasteiger partial charge in [-0.2, -0.15) is 0 Å². The Hall–Kier alpha value is -1.80. The summed E-state index contributed by atoms with van der Waals surface area (Å²) in [5.74, 6) is -1.08. The smallest absolute Gasteiger partial charge is 0.304 e. The van der Waals surface area contributed by atoms with Gasteiger partial charge in [-0.05, 0) is 37.5 Å². The number of hydrogen-bond acceptors (Lipinski definition) is 5. The van der Waals surface area contributed by atoms with Crippen molar-refractivity contribution in [1.29, 1.82) is 0 Å². The molecule has 0 fully saturated rings. The van der Waals surface area contributed by atoms with E-state index >= 15 is 0 Å². The van der Waals surface area contributed by atoms with E-state index in [1.165, 1.54) is 0 Å². The average Bonchev–Trinajstić information content (AvgIpc) is 2.33. The van der Waals surface area contributed by atoms with Crippen molar-refractivity contribution in [1.82, 2.24) is 4.72 Å². The first-order valence-corrected chi connectivity index (χ1v) is 7.44. The molecule has 0 saturated heterocycles. The number of nitrogen functional groups attached to an aromatic ring is 2. The molecule has 1 rings (SSSR count). The van der Waals surface area contributed by atoms with Crippen molar-refractivity contribution in [3.8, 4) is 0 Å². The molecule has 1 aromatic rings. The molecule has 0 bridgehead atoms. The summed E-state index contributed by atoms with van der Waals surface area (Å²) in [5.41, 5.74) is 13.8. The van der Waals surface area contributed by atoms with Crippen LogP contribution < -0.4 is 16.2 Å². The highest BCUT2D eigenvalue weighted by atomic mass is 32.2. The molecule has 8 heteroatoms. The summed E-state index contributed by atoms with van der Waals surface area (Å²) in [6, 6.07) is 0. The van der Waals surface area contributed by atoms with Crippen LogP contribution in [0.2, 0.25) is 0 Å². The van der Waals surface area contributed by atoms with Gasteiger partial charge in [-0.15, -0.1) is 0 Å². The number of carboxylic acid groups (broad SMARTS) is 1. The van der Waals surface area contributed by atoms with E-state index in [0.29, 0.717) is 28.1 Å². The molecule has 0 saturated carbocycles. The third-order valence-electron chi connectivity index (χ3n) is 3.20. The van der Waals surface area contributed by atoms with E-state index in [9.17, 15) is 13.2 Å². The van der Waals surface area contributed by atoms with Crippen molar-refractivity contribution >= 4 is 27.4 Å². The maximum Gasteiger partial charge on any atom is 0.304 e. The molecule has 0 heterocycles. The van der Waals surface area contributed by atoms with Crippen LogP contribution in [-0.2, 0) is 14.8 Å². The van der Waals surface area contributed by atoms with Gasteiger partial charge in [-0.25, -0.2) is 13.1 Å². The number of nitrogens with two attached hydrogens (primary N) is 2. The minimum atomic E-state index is -3.85. The Labute approximate surface area is 118 Å². The predicted molar refractivity (Wildman–Crippen MR) is 76.9 cm³/mol. The Morgan fingerprint density at radius 2 is 1.55 bits per heavy atom. The molecule has 0 atom stereocenters. The van der Waals surface area contributed by atoms with E-state index in [0.717, 1.165) is 0 Å². The summed E-state index contributed by atoms with van der Waals surface area (Å²) < 4.78 is 26.8. The van der Waals surface area contributed by atoms with Crippen LogP contribution in [0.15, 0.2) is 4.90 Å². The first-order chi connectivity index (χ1) is 9.09. The van der Waals surface area contributed by atoms with E-state index in [1.54, 1.807) is 20.8 Å². The Morgan fingerprint density at radius 1 is 1.10 bits per heavy atom. The van der Waals surface area contributed by atoms with E-state index in [-0.39, 0.29) is 17.9 Å². The van der Waals surface area contributed by atoms with E-state index in [1.807, 2.05) is 0 Å². The topological polar surface area (TPSA) is 136 Å². The lowest BCUT2D eigenvalue weighted by molar-refractivity contribution is -0.136. The minimum absolute atomic E-state index is 0.0171. The summed E-state index contributed by atoms with van der Waals surface area (Å²) >= 11 is 0. The second-order valence-corrected chi connectivity index (χ2v) is 6.28. The third-order valence-corrected chi connectivity index (χ3v) is 4.93. The highest BCUT2D eigenvalue weighted by molar-refractivity contribution is 7.89. The Bertz CT molecular complexity index is 624. The molecule has 0 aromatic heterocycles. The Morgan fingerprint density at radius 3 is 1.95 bits per heavy atom. The zero-order chi connectivity index (χ0) is 15.7. The zero-order valence-electron chi connectivity index (χ0n) is 11.6. The van der Waals surface area contributed by atoms with Crippen LogP contribution in [0.25, 0.3) is 0 Å². The molecular formula is C12H19N3O4S. The number of sulfonamides is 1. The molecule has 7 nitrogen and oxygen atoms in total. The van der Waals surface area contributed by atoms with Crippen molar-refractivity contribution in [2.75, 3.05) is 18.0 Å². The first-order valence-electron chi connectivity index (χ1n) is 5.95. The number of hydrogen-bond donors (Lipinski definition) is 4. The minimum Gasteiger partial charge on any atom is -0.481 e. The molecule has 0 aliphatic carbocycles. The summed E-state index contributed by atoms with van der Waals surface area (Å²) in [6.07, 6.45) is -0.297. The molecule has 0 unspecified atom stereocenters. The number of aliphatic carboxylic acids is 1. The van der Waals surface area contributed by atoms with E-state index in [4.69, 9.17) is 16.6 Å².